The summed E-state index contributed by atoms with van der Waals surface area (Å²) in [5.41, 5.74) is 8.17. The minimum atomic E-state index is -2.99. The van der Waals surface area contributed by atoms with E-state index >= 15 is 0 Å². The maximum Gasteiger partial charge on any atom is 0.180 e. The highest BCUT2D eigenvalue weighted by Gasteiger charge is 2.11. The molecule has 0 saturated heterocycles. The van der Waals surface area contributed by atoms with E-state index in [9.17, 15) is 8.42 Å². The van der Waals surface area contributed by atoms with Crippen molar-refractivity contribution in [3.63, 3.8) is 0 Å². The summed E-state index contributed by atoms with van der Waals surface area (Å²) in [5, 5.41) is 2.42. The number of aromatic nitrogens is 1. The molecule has 0 aliphatic carbocycles. The van der Waals surface area contributed by atoms with E-state index in [4.69, 9.17) is 5.73 Å². The van der Waals surface area contributed by atoms with Crippen molar-refractivity contribution >= 4 is 26.3 Å². The largest absolute Gasteiger partial charge is 0.375 e. The third kappa shape index (κ3) is 3.78. The fraction of sp³-hybridized carbons (Fsp3) is 0.308. The van der Waals surface area contributed by atoms with Crippen molar-refractivity contribution < 1.29 is 8.42 Å². The summed E-state index contributed by atoms with van der Waals surface area (Å²) in [4.78, 5) is 4.19. The molecule has 1 heterocycles. The number of nitrogens with two attached hydrogens (primary N) is 1. The number of thiazole rings is 1. The lowest BCUT2D eigenvalue weighted by Crippen LogP contribution is -2.08. The molecule has 19 heavy (non-hydrogen) atoms. The monoisotopic (exact) mass is 296 g/mol. The summed E-state index contributed by atoms with van der Waals surface area (Å²) < 4.78 is 23.5. The first-order valence-electron chi connectivity index (χ1n) is 6.01. The van der Waals surface area contributed by atoms with Crippen LogP contribution in [0.3, 0.4) is 0 Å². The van der Waals surface area contributed by atoms with Gasteiger partial charge < -0.3 is 5.73 Å². The Hall–Kier alpha value is -1.40. The maximum absolute atomic E-state index is 11.7. The Morgan fingerprint density at radius 3 is 2.47 bits per heavy atom. The number of hydrogen-bond acceptors (Lipinski definition) is 5. The van der Waals surface area contributed by atoms with Gasteiger partial charge in [0.2, 0.25) is 0 Å². The summed E-state index contributed by atoms with van der Waals surface area (Å²) in [5.74, 6) is 0.331. The van der Waals surface area contributed by atoms with E-state index in [1.807, 2.05) is 36.6 Å². The first kappa shape index (κ1) is 14.0. The van der Waals surface area contributed by atoms with Gasteiger partial charge in [0, 0.05) is 10.9 Å². The zero-order valence-electron chi connectivity index (χ0n) is 10.7. The average Bonchev–Trinajstić information content (AvgIpc) is 2.76. The van der Waals surface area contributed by atoms with Gasteiger partial charge in [0.1, 0.15) is 0 Å². The van der Waals surface area contributed by atoms with Gasteiger partial charge in [0.05, 0.1) is 17.2 Å². The Morgan fingerprint density at radius 1 is 1.26 bits per heavy atom. The number of anilines is 1. The van der Waals surface area contributed by atoms with Crippen LogP contribution >= 0.6 is 11.3 Å². The van der Waals surface area contributed by atoms with E-state index in [1.54, 1.807) is 0 Å². The second kappa shape index (κ2) is 5.71. The predicted octanol–water partition coefficient (Wildman–Crippen LogP) is 2.72. The summed E-state index contributed by atoms with van der Waals surface area (Å²) in [6, 6.07) is 7.42. The maximum atomic E-state index is 11.7. The summed E-state index contributed by atoms with van der Waals surface area (Å²) in [7, 11) is -2.99. The fourth-order valence-electron chi connectivity index (χ4n) is 1.83. The molecule has 1 aromatic carbocycles. The number of rotatable bonds is 5. The molecule has 0 bridgehead atoms. The third-order valence-corrected chi connectivity index (χ3v) is 5.15. The van der Waals surface area contributed by atoms with Crippen molar-refractivity contribution in [3.05, 3.63) is 35.2 Å². The quantitative estimate of drug-likeness (QED) is 0.920. The van der Waals surface area contributed by atoms with Gasteiger partial charge in [-0.2, -0.15) is 0 Å². The van der Waals surface area contributed by atoms with Crippen molar-refractivity contribution in [1.82, 2.24) is 4.98 Å². The molecule has 0 radical (unpaired) electrons. The lowest BCUT2D eigenvalue weighted by Gasteiger charge is -2.04. The van der Waals surface area contributed by atoms with Gasteiger partial charge in [-0.05, 0) is 12.0 Å². The molecule has 0 saturated carbocycles. The van der Waals surface area contributed by atoms with E-state index in [0.717, 1.165) is 16.8 Å². The van der Waals surface area contributed by atoms with Crippen molar-refractivity contribution in [3.8, 4) is 11.3 Å². The molecular formula is C13H16N2O2S2. The van der Waals surface area contributed by atoms with Crippen molar-refractivity contribution in [2.24, 2.45) is 0 Å². The first-order valence-corrected chi connectivity index (χ1v) is 8.71. The molecular weight excluding hydrogens is 280 g/mol. The number of nitrogens with zero attached hydrogens (tertiary/aromatic N) is 1. The smallest absolute Gasteiger partial charge is 0.180 e. The van der Waals surface area contributed by atoms with Crippen molar-refractivity contribution in [1.29, 1.82) is 0 Å². The molecule has 0 aliphatic rings. The van der Waals surface area contributed by atoms with Crippen LogP contribution in [0.2, 0.25) is 0 Å². The second-order valence-corrected chi connectivity index (χ2v) is 7.43. The van der Waals surface area contributed by atoms with Crippen LogP contribution in [-0.2, 0) is 15.6 Å². The Balaban J connectivity index is 2.15. The van der Waals surface area contributed by atoms with Crippen LogP contribution in [0.4, 0.5) is 5.13 Å². The minimum Gasteiger partial charge on any atom is -0.375 e. The Kier molecular flexibility index (Phi) is 4.21. The fourth-order valence-corrected chi connectivity index (χ4v) is 3.87. The van der Waals surface area contributed by atoms with E-state index in [0.29, 0.717) is 11.6 Å². The number of sulfone groups is 1. The normalized spacial score (nSPS) is 11.6. The van der Waals surface area contributed by atoms with Gasteiger partial charge in [0.15, 0.2) is 15.0 Å². The zero-order chi connectivity index (χ0) is 13.9. The Morgan fingerprint density at radius 2 is 1.95 bits per heavy atom. The molecule has 0 fully saturated rings. The van der Waals surface area contributed by atoms with Gasteiger partial charge in [-0.15, -0.1) is 11.3 Å². The summed E-state index contributed by atoms with van der Waals surface area (Å²) >= 11 is 1.39. The molecule has 0 atom stereocenters. The van der Waals surface area contributed by atoms with Crippen LogP contribution < -0.4 is 5.73 Å². The molecule has 4 nitrogen and oxygen atoms in total. The van der Waals surface area contributed by atoms with Gasteiger partial charge in [-0.3, -0.25) is 0 Å². The van der Waals surface area contributed by atoms with E-state index in [-0.39, 0.29) is 11.5 Å². The van der Waals surface area contributed by atoms with Crippen LogP contribution in [0.1, 0.15) is 18.9 Å². The van der Waals surface area contributed by atoms with Gasteiger partial charge >= 0.3 is 0 Å². The first-order chi connectivity index (χ1) is 9.00. The van der Waals surface area contributed by atoms with Gasteiger partial charge in [-0.25, -0.2) is 13.4 Å². The van der Waals surface area contributed by atoms with Crippen LogP contribution in [0.15, 0.2) is 29.6 Å². The Bertz CT molecular complexity index is 646. The van der Waals surface area contributed by atoms with E-state index in [1.165, 1.54) is 11.3 Å². The van der Waals surface area contributed by atoms with Crippen LogP contribution in [0, 0.1) is 0 Å². The SMILES string of the molecule is CCCS(=O)(=O)Cc1ccc(-c2csc(N)n2)cc1. The average molecular weight is 296 g/mol. The number of nitrogen functional groups attached to an aromatic ring is 1. The van der Waals surface area contributed by atoms with Crippen molar-refractivity contribution in [2.75, 3.05) is 11.5 Å². The number of benzene rings is 1. The second-order valence-electron chi connectivity index (χ2n) is 4.36. The van der Waals surface area contributed by atoms with Gasteiger partial charge in [-0.1, -0.05) is 31.2 Å². The zero-order valence-corrected chi connectivity index (χ0v) is 12.3. The lowest BCUT2D eigenvalue weighted by molar-refractivity contribution is 0.594. The molecule has 102 valence electrons. The van der Waals surface area contributed by atoms with E-state index in [2.05, 4.69) is 4.98 Å². The molecule has 2 aromatic rings. The topological polar surface area (TPSA) is 73.0 Å². The highest BCUT2D eigenvalue weighted by Crippen LogP contribution is 2.23. The third-order valence-electron chi connectivity index (χ3n) is 2.67. The van der Waals surface area contributed by atoms with E-state index < -0.39 is 9.84 Å². The van der Waals surface area contributed by atoms with Crippen LogP contribution in [0.5, 0.6) is 0 Å². The highest BCUT2D eigenvalue weighted by atomic mass is 32.2. The van der Waals surface area contributed by atoms with Gasteiger partial charge in [0.25, 0.3) is 0 Å². The minimum absolute atomic E-state index is 0.0975. The molecule has 0 amide bonds. The van der Waals surface area contributed by atoms with Crippen molar-refractivity contribution in [2.45, 2.75) is 19.1 Å². The molecule has 6 heteroatoms. The molecule has 0 unspecified atom stereocenters. The molecule has 0 spiro atoms. The lowest BCUT2D eigenvalue weighted by atomic mass is 10.1. The summed E-state index contributed by atoms with van der Waals surface area (Å²) in [6.07, 6.45) is 0.651. The molecule has 2 rings (SSSR count). The van der Waals surface area contributed by atoms with Crippen LogP contribution in [-0.4, -0.2) is 19.2 Å². The standard InChI is InChI=1S/C13H16N2O2S2/c1-2-7-19(16,17)9-10-3-5-11(6-4-10)12-8-18-13(14)15-12/h3-6,8H,2,7,9H2,1H3,(H2,14,15). The highest BCUT2D eigenvalue weighted by molar-refractivity contribution is 7.90. The number of hydrogen-bond donors (Lipinski definition) is 1. The predicted molar refractivity (Wildman–Crippen MR) is 79.7 cm³/mol. The molecule has 1 aromatic heterocycles. The molecule has 2 N–H and O–H groups in total. The Labute approximate surface area is 117 Å². The summed E-state index contributed by atoms with van der Waals surface area (Å²) in [6.45, 7) is 1.87. The van der Waals surface area contributed by atoms with Crippen LogP contribution in [0.25, 0.3) is 11.3 Å². The molecule has 0 aliphatic heterocycles.